The van der Waals surface area contributed by atoms with Crippen molar-refractivity contribution in [1.29, 1.82) is 0 Å². The van der Waals surface area contributed by atoms with E-state index in [4.69, 9.17) is 18.9 Å². The van der Waals surface area contributed by atoms with Crippen LogP contribution in [0.25, 0.3) is 11.4 Å². The highest BCUT2D eigenvalue weighted by atomic mass is 16.7. The van der Waals surface area contributed by atoms with Crippen molar-refractivity contribution in [3.63, 3.8) is 0 Å². The number of carbonyl (C=O) groups is 2. The Kier molecular flexibility index (Phi) is 6.66. The van der Waals surface area contributed by atoms with Gasteiger partial charge in [-0.1, -0.05) is 5.21 Å². The molecule has 0 aliphatic heterocycles. The molecular formula is C25H25N5O8. The maximum Gasteiger partial charge on any atom is 0.514 e. The number of methoxy groups -OCH3 is 1. The summed E-state index contributed by atoms with van der Waals surface area (Å²) in [5.41, 5.74) is 1.97. The van der Waals surface area contributed by atoms with Crippen LogP contribution in [-0.2, 0) is 27.9 Å². The van der Waals surface area contributed by atoms with Crippen molar-refractivity contribution in [3.05, 3.63) is 57.9 Å². The van der Waals surface area contributed by atoms with E-state index in [1.54, 1.807) is 13.1 Å². The van der Waals surface area contributed by atoms with Gasteiger partial charge in [0.1, 0.15) is 35.6 Å². The molecule has 13 nitrogen and oxygen atoms in total. The molecule has 13 heteroatoms. The standard InChI is InChI=1S/C25H25N5O8/c1-13-21(38-22-11-18(24(31)35-3)16-10-17(16)22)9-8-19(26-13)23-20(29(2)28-27-23)12-36-25(32)37-15-6-4-14(5-7-15)30(33)34/h4-9,16-18,22H,10-12H2,1-3H3/t16-,17+,18+,22+/m1/s1. The first-order valence-corrected chi connectivity index (χ1v) is 11.9. The molecule has 5 rings (SSSR count). The van der Waals surface area contributed by atoms with Gasteiger partial charge >= 0.3 is 12.1 Å². The SMILES string of the molecule is COC(=O)[C@H]1C[C@H](Oc2ccc(-c3nnn(C)c3COC(=O)Oc3ccc([N+](=O)[O-])cc3)nc2C)[C@H]2C[C@H]21. The Morgan fingerprint density at radius 3 is 2.58 bits per heavy atom. The normalized spacial score (nSPS) is 21.3. The molecule has 2 aliphatic rings. The number of ether oxygens (including phenoxy) is 4. The number of nitro groups is 1. The quantitative estimate of drug-likeness (QED) is 0.184. The van der Waals surface area contributed by atoms with Crippen molar-refractivity contribution in [2.75, 3.05) is 7.11 Å². The zero-order valence-corrected chi connectivity index (χ0v) is 20.9. The van der Waals surface area contributed by atoms with Crippen LogP contribution in [0.5, 0.6) is 11.5 Å². The van der Waals surface area contributed by atoms with Gasteiger partial charge in [-0.25, -0.2) is 14.5 Å². The first kappa shape index (κ1) is 25.1. The maximum atomic E-state index is 12.2. The van der Waals surface area contributed by atoms with Crippen molar-refractivity contribution < 1.29 is 33.5 Å². The second kappa shape index (κ2) is 10.1. The van der Waals surface area contributed by atoms with Crippen LogP contribution in [0, 0.1) is 34.8 Å². The molecule has 0 amide bonds. The van der Waals surface area contributed by atoms with E-state index in [0.29, 0.717) is 46.8 Å². The Balaban J connectivity index is 1.23. The smallest absolute Gasteiger partial charge is 0.488 e. The van der Waals surface area contributed by atoms with E-state index in [9.17, 15) is 19.7 Å². The van der Waals surface area contributed by atoms with Crippen LogP contribution in [0.4, 0.5) is 10.5 Å². The average Bonchev–Trinajstić information content (AvgIpc) is 3.49. The van der Waals surface area contributed by atoms with E-state index >= 15 is 0 Å². The summed E-state index contributed by atoms with van der Waals surface area (Å²) in [7, 11) is 3.07. The van der Waals surface area contributed by atoms with Crippen LogP contribution in [-0.4, -0.2) is 50.2 Å². The number of carbonyl (C=O) groups excluding carboxylic acids is 2. The molecule has 3 aromatic rings. The van der Waals surface area contributed by atoms with E-state index in [1.807, 2.05) is 13.0 Å². The zero-order chi connectivity index (χ0) is 27.0. The Bertz CT molecular complexity index is 1390. The summed E-state index contributed by atoms with van der Waals surface area (Å²) in [6.07, 6.45) is 0.548. The van der Waals surface area contributed by atoms with Gasteiger partial charge in [0, 0.05) is 19.2 Å². The Hall–Kier alpha value is -4.55. The van der Waals surface area contributed by atoms with Gasteiger partial charge in [-0.2, -0.15) is 0 Å². The number of esters is 1. The molecule has 1 aromatic carbocycles. The molecule has 0 radical (unpaired) electrons. The van der Waals surface area contributed by atoms with E-state index in [0.717, 1.165) is 6.42 Å². The number of benzene rings is 1. The molecular weight excluding hydrogens is 498 g/mol. The number of hydrogen-bond donors (Lipinski definition) is 0. The van der Waals surface area contributed by atoms with Crippen LogP contribution in [0.2, 0.25) is 0 Å². The predicted octanol–water partition coefficient (Wildman–Crippen LogP) is 3.39. The highest BCUT2D eigenvalue weighted by Gasteiger charge is 2.58. The van der Waals surface area contributed by atoms with Gasteiger partial charge in [-0.15, -0.1) is 5.10 Å². The van der Waals surface area contributed by atoms with Gasteiger partial charge < -0.3 is 18.9 Å². The fourth-order valence-electron chi connectivity index (χ4n) is 4.88. The predicted molar refractivity (Wildman–Crippen MR) is 129 cm³/mol. The molecule has 2 heterocycles. The van der Waals surface area contributed by atoms with Gasteiger partial charge in [-0.05, 0) is 55.9 Å². The van der Waals surface area contributed by atoms with Crippen molar-refractivity contribution >= 4 is 17.8 Å². The van der Waals surface area contributed by atoms with Gasteiger partial charge in [-0.3, -0.25) is 14.9 Å². The van der Waals surface area contributed by atoms with Gasteiger partial charge in [0.05, 0.1) is 29.3 Å². The minimum absolute atomic E-state index is 0.0577. The summed E-state index contributed by atoms with van der Waals surface area (Å²) in [6.45, 7) is 1.63. The van der Waals surface area contributed by atoms with Crippen LogP contribution in [0.15, 0.2) is 36.4 Å². The fraction of sp³-hybridized carbons (Fsp3) is 0.400. The molecule has 0 bridgehead atoms. The number of rotatable bonds is 8. The van der Waals surface area contributed by atoms with E-state index < -0.39 is 11.1 Å². The third-order valence-electron chi connectivity index (χ3n) is 6.95. The Labute approximate surface area is 216 Å². The number of aromatic nitrogens is 4. The number of aryl methyl sites for hydroxylation is 2. The number of fused-ring (bicyclic) bond motifs is 1. The lowest BCUT2D eigenvalue weighted by Gasteiger charge is -2.18. The first-order valence-electron chi connectivity index (χ1n) is 11.9. The molecule has 0 saturated heterocycles. The van der Waals surface area contributed by atoms with Crippen LogP contribution in [0.3, 0.4) is 0 Å². The summed E-state index contributed by atoms with van der Waals surface area (Å²) in [5, 5.41) is 18.9. The number of non-ortho nitro benzene ring substituents is 1. The van der Waals surface area contributed by atoms with E-state index in [1.165, 1.54) is 36.1 Å². The third kappa shape index (κ3) is 4.99. The van der Waals surface area contributed by atoms with Crippen LogP contribution >= 0.6 is 0 Å². The molecule has 198 valence electrons. The second-order valence-electron chi connectivity index (χ2n) is 9.27. The average molecular weight is 524 g/mol. The topological polar surface area (TPSA) is 158 Å². The van der Waals surface area contributed by atoms with E-state index in [-0.39, 0.29) is 36.0 Å². The van der Waals surface area contributed by atoms with Gasteiger partial charge in [0.2, 0.25) is 0 Å². The second-order valence-corrected chi connectivity index (χ2v) is 9.27. The number of nitrogens with zero attached hydrogens (tertiary/aromatic N) is 5. The number of nitro benzene ring substituents is 1. The molecule has 2 aliphatic carbocycles. The molecule has 0 spiro atoms. The lowest BCUT2D eigenvalue weighted by molar-refractivity contribution is -0.384. The van der Waals surface area contributed by atoms with Gasteiger partial charge in [0.25, 0.3) is 5.69 Å². The minimum Gasteiger partial charge on any atom is -0.488 e. The Morgan fingerprint density at radius 2 is 1.89 bits per heavy atom. The zero-order valence-electron chi connectivity index (χ0n) is 20.9. The first-order chi connectivity index (χ1) is 18.2. The molecule has 2 aromatic heterocycles. The molecule has 38 heavy (non-hydrogen) atoms. The third-order valence-corrected chi connectivity index (χ3v) is 6.95. The fourth-order valence-corrected chi connectivity index (χ4v) is 4.88. The highest BCUT2D eigenvalue weighted by molar-refractivity contribution is 5.74. The summed E-state index contributed by atoms with van der Waals surface area (Å²) in [5.74, 6) is 1.12. The molecule has 4 atom stereocenters. The van der Waals surface area contributed by atoms with Crippen molar-refractivity contribution in [1.82, 2.24) is 20.0 Å². The number of pyridine rings is 1. The monoisotopic (exact) mass is 523 g/mol. The minimum atomic E-state index is -0.987. The highest BCUT2D eigenvalue weighted by Crippen LogP contribution is 2.56. The number of hydrogen-bond acceptors (Lipinski definition) is 11. The van der Waals surface area contributed by atoms with Crippen LogP contribution < -0.4 is 9.47 Å². The van der Waals surface area contributed by atoms with Crippen LogP contribution in [0.1, 0.15) is 24.2 Å². The molecule has 2 fully saturated rings. The largest absolute Gasteiger partial charge is 0.514 e. The molecule has 2 saturated carbocycles. The summed E-state index contributed by atoms with van der Waals surface area (Å²) in [6, 6.07) is 8.61. The maximum absolute atomic E-state index is 12.2. The summed E-state index contributed by atoms with van der Waals surface area (Å²) >= 11 is 0. The van der Waals surface area contributed by atoms with E-state index in [2.05, 4.69) is 15.3 Å². The van der Waals surface area contributed by atoms with Crippen molar-refractivity contribution in [2.45, 2.75) is 32.5 Å². The van der Waals surface area contributed by atoms with Crippen molar-refractivity contribution in [2.24, 2.45) is 24.8 Å². The van der Waals surface area contributed by atoms with Gasteiger partial charge in [0.15, 0.2) is 0 Å². The van der Waals surface area contributed by atoms with Crippen molar-refractivity contribution in [3.8, 4) is 22.9 Å². The summed E-state index contributed by atoms with van der Waals surface area (Å²) < 4.78 is 22.9. The lowest BCUT2D eigenvalue weighted by atomic mass is 10.0. The lowest BCUT2D eigenvalue weighted by Crippen LogP contribution is -2.22. The Morgan fingerprint density at radius 1 is 1.13 bits per heavy atom. The molecule has 0 N–H and O–H groups in total. The summed E-state index contributed by atoms with van der Waals surface area (Å²) in [4.78, 5) is 39.0. The molecule has 0 unspecified atom stereocenters.